The number of carbonyl (C=O) groups excluding carboxylic acids is 1. The third-order valence-corrected chi connectivity index (χ3v) is 4.49. The number of hydrogen-bond donors (Lipinski definition) is 2. The summed E-state index contributed by atoms with van der Waals surface area (Å²) in [5.74, 6) is 0.329. The van der Waals surface area contributed by atoms with Crippen molar-refractivity contribution in [2.75, 3.05) is 11.9 Å². The summed E-state index contributed by atoms with van der Waals surface area (Å²) in [5.41, 5.74) is 0.285. The standard InChI is InChI=1S/C17H24Cl2N2O2/c1-17(2,3)23-16(22)20-10-11-6-4-9-14(11)21-15-12(18)7-5-8-13(15)19/h5,7-8,11,14,21H,4,6,9-10H2,1-3H3,(H,20,22). The van der Waals surface area contributed by atoms with Crippen molar-refractivity contribution >= 4 is 35.0 Å². The van der Waals surface area contributed by atoms with Gasteiger partial charge < -0.3 is 15.4 Å². The number of amides is 1. The summed E-state index contributed by atoms with van der Waals surface area (Å²) in [6.45, 7) is 6.14. The topological polar surface area (TPSA) is 50.4 Å². The van der Waals surface area contributed by atoms with Gasteiger partial charge >= 0.3 is 6.09 Å². The van der Waals surface area contributed by atoms with E-state index in [0.29, 0.717) is 22.5 Å². The van der Waals surface area contributed by atoms with Crippen molar-refractivity contribution in [2.45, 2.75) is 51.7 Å². The number of halogens is 2. The number of para-hydroxylation sites is 1. The lowest BCUT2D eigenvalue weighted by atomic mass is 10.0. The molecule has 1 saturated carbocycles. The van der Waals surface area contributed by atoms with Gasteiger partial charge in [0.1, 0.15) is 5.60 Å². The lowest BCUT2D eigenvalue weighted by Gasteiger charge is -2.25. The highest BCUT2D eigenvalue weighted by Crippen LogP contribution is 2.35. The van der Waals surface area contributed by atoms with Crippen LogP contribution in [-0.2, 0) is 4.74 Å². The van der Waals surface area contributed by atoms with Gasteiger partial charge in [-0.15, -0.1) is 0 Å². The third kappa shape index (κ3) is 5.47. The molecule has 1 amide bonds. The molecule has 1 aliphatic carbocycles. The minimum absolute atomic E-state index is 0.238. The number of nitrogens with one attached hydrogen (secondary N) is 2. The van der Waals surface area contributed by atoms with Crippen LogP contribution in [0.2, 0.25) is 10.0 Å². The summed E-state index contributed by atoms with van der Waals surface area (Å²) >= 11 is 12.4. The fourth-order valence-electron chi connectivity index (χ4n) is 2.82. The molecule has 1 aromatic rings. The average Bonchev–Trinajstić information content (AvgIpc) is 2.86. The van der Waals surface area contributed by atoms with Crippen LogP contribution in [0.15, 0.2) is 18.2 Å². The third-order valence-electron chi connectivity index (χ3n) is 3.86. The van der Waals surface area contributed by atoms with Crippen LogP contribution < -0.4 is 10.6 Å². The van der Waals surface area contributed by atoms with Crippen molar-refractivity contribution in [3.8, 4) is 0 Å². The monoisotopic (exact) mass is 358 g/mol. The molecule has 0 radical (unpaired) electrons. The smallest absolute Gasteiger partial charge is 0.407 e. The van der Waals surface area contributed by atoms with Crippen molar-refractivity contribution < 1.29 is 9.53 Å². The number of benzene rings is 1. The second-order valence-electron chi connectivity index (χ2n) is 6.92. The van der Waals surface area contributed by atoms with Gasteiger partial charge in [-0.1, -0.05) is 35.7 Å². The Morgan fingerprint density at radius 3 is 2.52 bits per heavy atom. The van der Waals surface area contributed by atoms with Crippen LogP contribution in [0.25, 0.3) is 0 Å². The maximum atomic E-state index is 11.8. The molecule has 2 unspecified atom stereocenters. The number of alkyl carbamates (subject to hydrolysis) is 1. The maximum Gasteiger partial charge on any atom is 0.407 e. The molecule has 6 heteroatoms. The fourth-order valence-corrected chi connectivity index (χ4v) is 3.33. The van der Waals surface area contributed by atoms with Crippen molar-refractivity contribution in [1.29, 1.82) is 0 Å². The molecule has 2 N–H and O–H groups in total. The van der Waals surface area contributed by atoms with Crippen LogP contribution in [0.3, 0.4) is 0 Å². The van der Waals surface area contributed by atoms with E-state index >= 15 is 0 Å². The lowest BCUT2D eigenvalue weighted by Crippen LogP contribution is -2.38. The first-order valence-corrected chi connectivity index (χ1v) is 8.69. The normalized spacial score (nSPS) is 21.1. The number of hydrogen-bond acceptors (Lipinski definition) is 3. The van der Waals surface area contributed by atoms with Crippen molar-refractivity contribution in [1.82, 2.24) is 5.32 Å². The van der Waals surface area contributed by atoms with E-state index in [-0.39, 0.29) is 12.1 Å². The summed E-state index contributed by atoms with van der Waals surface area (Å²) in [6, 6.07) is 5.70. The molecule has 2 atom stereocenters. The first-order chi connectivity index (χ1) is 10.8. The Kier molecular flexibility index (Phi) is 6.04. The molecule has 0 saturated heterocycles. The van der Waals surface area contributed by atoms with Crippen LogP contribution in [0, 0.1) is 5.92 Å². The Morgan fingerprint density at radius 1 is 1.26 bits per heavy atom. The van der Waals surface area contributed by atoms with Crippen LogP contribution in [0.1, 0.15) is 40.0 Å². The zero-order valence-corrected chi connectivity index (χ0v) is 15.3. The largest absolute Gasteiger partial charge is 0.444 e. The highest BCUT2D eigenvalue weighted by molar-refractivity contribution is 6.39. The number of anilines is 1. The zero-order valence-electron chi connectivity index (χ0n) is 13.8. The number of rotatable bonds is 4. The predicted octanol–water partition coefficient (Wildman–Crippen LogP) is 5.10. The van der Waals surface area contributed by atoms with Crippen molar-refractivity contribution in [3.05, 3.63) is 28.2 Å². The van der Waals surface area contributed by atoms with E-state index in [1.165, 1.54) is 0 Å². The lowest BCUT2D eigenvalue weighted by molar-refractivity contribution is 0.0519. The van der Waals surface area contributed by atoms with E-state index in [4.69, 9.17) is 27.9 Å². The number of ether oxygens (including phenoxy) is 1. The zero-order chi connectivity index (χ0) is 17.0. The Labute approximate surface area is 147 Å². The first-order valence-electron chi connectivity index (χ1n) is 7.93. The summed E-state index contributed by atoms with van der Waals surface area (Å²) in [5, 5.41) is 7.53. The summed E-state index contributed by atoms with van der Waals surface area (Å²) in [7, 11) is 0. The van der Waals surface area contributed by atoms with Gasteiger partial charge in [0.2, 0.25) is 0 Å². The van der Waals surface area contributed by atoms with E-state index in [0.717, 1.165) is 24.9 Å². The van der Waals surface area contributed by atoms with Crippen LogP contribution >= 0.6 is 23.2 Å². The van der Waals surface area contributed by atoms with Crippen LogP contribution in [0.4, 0.5) is 10.5 Å². The number of carbonyl (C=O) groups is 1. The highest BCUT2D eigenvalue weighted by atomic mass is 35.5. The van der Waals surface area contributed by atoms with Crippen molar-refractivity contribution in [2.24, 2.45) is 5.92 Å². The highest BCUT2D eigenvalue weighted by Gasteiger charge is 2.29. The van der Waals surface area contributed by atoms with E-state index in [9.17, 15) is 4.79 Å². The van der Waals surface area contributed by atoms with Gasteiger partial charge in [0, 0.05) is 12.6 Å². The van der Waals surface area contributed by atoms with Gasteiger partial charge in [-0.3, -0.25) is 0 Å². The summed E-state index contributed by atoms with van der Waals surface area (Å²) in [4.78, 5) is 11.8. The van der Waals surface area contributed by atoms with E-state index in [2.05, 4.69) is 10.6 Å². The molecule has 1 aromatic carbocycles. The Balaban J connectivity index is 1.92. The molecule has 0 heterocycles. The van der Waals surface area contributed by atoms with E-state index < -0.39 is 5.60 Å². The van der Waals surface area contributed by atoms with Gasteiger partial charge in [-0.25, -0.2) is 4.79 Å². The quantitative estimate of drug-likeness (QED) is 0.786. The molecular formula is C17H24Cl2N2O2. The van der Waals surface area contributed by atoms with Gasteiger partial charge in [0.15, 0.2) is 0 Å². The van der Waals surface area contributed by atoms with Crippen LogP contribution in [-0.4, -0.2) is 24.3 Å². The molecule has 4 nitrogen and oxygen atoms in total. The van der Waals surface area contributed by atoms with Gasteiger partial charge in [0.25, 0.3) is 0 Å². The molecule has 23 heavy (non-hydrogen) atoms. The average molecular weight is 359 g/mol. The Morgan fingerprint density at radius 2 is 1.91 bits per heavy atom. The van der Waals surface area contributed by atoms with Gasteiger partial charge in [-0.05, 0) is 51.7 Å². The van der Waals surface area contributed by atoms with Gasteiger partial charge in [-0.2, -0.15) is 0 Å². The van der Waals surface area contributed by atoms with Gasteiger partial charge in [0.05, 0.1) is 15.7 Å². The predicted molar refractivity (Wildman–Crippen MR) is 95.5 cm³/mol. The minimum atomic E-state index is -0.484. The van der Waals surface area contributed by atoms with Crippen molar-refractivity contribution in [3.63, 3.8) is 0 Å². The van der Waals surface area contributed by atoms with Crippen LogP contribution in [0.5, 0.6) is 0 Å². The molecule has 0 aromatic heterocycles. The molecule has 0 aliphatic heterocycles. The first kappa shape index (κ1) is 18.2. The second-order valence-corrected chi connectivity index (χ2v) is 7.74. The minimum Gasteiger partial charge on any atom is -0.444 e. The van der Waals surface area contributed by atoms with E-state index in [1.807, 2.05) is 39.0 Å². The molecule has 2 rings (SSSR count). The summed E-state index contributed by atoms with van der Waals surface area (Å²) < 4.78 is 5.28. The molecular weight excluding hydrogens is 335 g/mol. The molecule has 0 bridgehead atoms. The molecule has 128 valence electrons. The van der Waals surface area contributed by atoms with E-state index in [1.54, 1.807) is 0 Å². The molecule has 0 spiro atoms. The Bertz CT molecular complexity index is 538. The second kappa shape index (κ2) is 7.63. The molecule has 1 aliphatic rings. The molecule has 1 fully saturated rings. The Hall–Kier alpha value is -1.13. The fraction of sp³-hybridized carbons (Fsp3) is 0.588. The SMILES string of the molecule is CC(C)(C)OC(=O)NCC1CCCC1Nc1c(Cl)cccc1Cl. The maximum absolute atomic E-state index is 11.8. The summed E-state index contributed by atoms with van der Waals surface area (Å²) in [6.07, 6.45) is 2.82.